The third-order valence-corrected chi connectivity index (χ3v) is 5.11. The Bertz CT molecular complexity index is 1360. The van der Waals surface area contributed by atoms with Crippen LogP contribution in [0.4, 0.5) is 64.1 Å². The molecule has 0 aliphatic rings. The molecule has 40 heavy (non-hydrogen) atoms. The van der Waals surface area contributed by atoms with E-state index in [1.165, 1.54) is 12.1 Å². The Morgan fingerprint density at radius 1 is 0.500 bits per heavy atom. The highest BCUT2D eigenvalue weighted by molar-refractivity contribution is 5.90. The van der Waals surface area contributed by atoms with E-state index in [2.05, 4.69) is 9.98 Å². The molecular formula is C24H12F12N2O2. The monoisotopic (exact) mass is 588 g/mol. The molecule has 16 heteroatoms. The minimum absolute atomic E-state index is 0.180. The second-order valence-electron chi connectivity index (χ2n) is 7.92. The molecule has 0 aromatic heterocycles. The van der Waals surface area contributed by atoms with Crippen molar-refractivity contribution in [1.82, 2.24) is 0 Å². The van der Waals surface area contributed by atoms with Crippen molar-refractivity contribution < 1.29 is 62.9 Å². The van der Waals surface area contributed by atoms with Crippen LogP contribution in [0.25, 0.3) is 0 Å². The van der Waals surface area contributed by atoms with Crippen molar-refractivity contribution in [3.63, 3.8) is 0 Å². The topological polar surface area (TPSA) is 65.2 Å². The first-order chi connectivity index (χ1) is 18.2. The molecular weight excluding hydrogens is 576 g/mol. The number of alkyl halides is 12. The summed E-state index contributed by atoms with van der Waals surface area (Å²) in [6.45, 7) is 0. The molecule has 2 N–H and O–H groups in total. The van der Waals surface area contributed by atoms with Gasteiger partial charge >= 0.3 is 24.7 Å². The quantitative estimate of drug-likeness (QED) is 0.237. The number of hydrogen-bond acceptors (Lipinski definition) is 4. The van der Waals surface area contributed by atoms with Crippen LogP contribution in [0.2, 0.25) is 0 Å². The molecule has 0 radical (unpaired) electrons. The number of benzene rings is 3. The summed E-state index contributed by atoms with van der Waals surface area (Å²) in [5.41, 5.74) is -10.2. The Morgan fingerprint density at radius 3 is 1.10 bits per heavy atom. The molecule has 0 saturated carbocycles. The zero-order valence-corrected chi connectivity index (χ0v) is 19.1. The second kappa shape index (κ2) is 10.4. The normalized spacial score (nSPS) is 13.5. The number of aromatic hydroxyl groups is 2. The summed E-state index contributed by atoms with van der Waals surface area (Å²) in [5, 5.41) is 19.8. The van der Waals surface area contributed by atoms with Crippen molar-refractivity contribution in [3.8, 4) is 11.5 Å². The number of nitrogens with zero attached hydrogens (tertiary/aromatic N) is 2. The molecule has 0 aliphatic heterocycles. The second-order valence-corrected chi connectivity index (χ2v) is 7.92. The Morgan fingerprint density at radius 2 is 0.825 bits per heavy atom. The van der Waals surface area contributed by atoms with Crippen molar-refractivity contribution >= 4 is 23.8 Å². The zero-order valence-electron chi connectivity index (χ0n) is 19.1. The number of hydrogen-bond donors (Lipinski definition) is 2. The number of aliphatic imine (C=N–C) groups is 2. The summed E-state index contributed by atoms with van der Waals surface area (Å²) < 4.78 is 158. The summed E-state index contributed by atoms with van der Waals surface area (Å²) in [6.07, 6.45) is -20.4. The number of phenols is 2. The fourth-order valence-electron chi connectivity index (χ4n) is 3.23. The number of rotatable bonds is 4. The van der Waals surface area contributed by atoms with E-state index in [4.69, 9.17) is 0 Å². The molecule has 4 nitrogen and oxygen atoms in total. The molecule has 0 spiro atoms. The van der Waals surface area contributed by atoms with Gasteiger partial charge in [0, 0.05) is 23.6 Å². The van der Waals surface area contributed by atoms with Crippen LogP contribution in [0.3, 0.4) is 0 Å². The van der Waals surface area contributed by atoms with Crippen LogP contribution >= 0.6 is 0 Å². The van der Waals surface area contributed by atoms with Crippen LogP contribution in [0.5, 0.6) is 11.5 Å². The van der Waals surface area contributed by atoms with Gasteiger partial charge in [0.25, 0.3) is 0 Å². The van der Waals surface area contributed by atoms with E-state index in [9.17, 15) is 62.9 Å². The van der Waals surface area contributed by atoms with Gasteiger partial charge in [-0.2, -0.15) is 52.7 Å². The minimum atomic E-state index is -5.38. The predicted octanol–water partition coefficient (Wildman–Crippen LogP) is 8.67. The van der Waals surface area contributed by atoms with Gasteiger partial charge in [-0.3, -0.25) is 9.98 Å². The highest BCUT2D eigenvalue weighted by Crippen LogP contribution is 2.43. The lowest BCUT2D eigenvalue weighted by molar-refractivity contribution is -0.145. The molecule has 0 fully saturated rings. The van der Waals surface area contributed by atoms with E-state index in [0.717, 1.165) is 12.1 Å². The summed E-state index contributed by atoms with van der Waals surface area (Å²) >= 11 is 0. The maximum absolute atomic E-state index is 13.2. The van der Waals surface area contributed by atoms with Crippen LogP contribution in [0.1, 0.15) is 33.4 Å². The Balaban J connectivity index is 2.10. The van der Waals surface area contributed by atoms with E-state index in [-0.39, 0.29) is 35.6 Å². The third kappa shape index (κ3) is 6.84. The first-order valence-electron chi connectivity index (χ1n) is 10.4. The molecule has 0 bridgehead atoms. The molecule has 0 unspecified atom stereocenters. The van der Waals surface area contributed by atoms with Gasteiger partial charge in [-0.05, 0) is 36.4 Å². The molecule has 0 heterocycles. The SMILES string of the molecule is Oc1c(C=Nc2ccccc2N=Cc2cc(C(F)(F)F)cc(C(F)(F)F)c2O)cc(C(F)(F)F)cc1C(F)(F)F. The third-order valence-electron chi connectivity index (χ3n) is 5.11. The number of halogens is 12. The van der Waals surface area contributed by atoms with E-state index in [1.807, 2.05) is 0 Å². The van der Waals surface area contributed by atoms with Gasteiger partial charge in [-0.15, -0.1) is 0 Å². The summed E-state index contributed by atoms with van der Waals surface area (Å²) in [5.74, 6) is -3.17. The predicted molar refractivity (Wildman–Crippen MR) is 117 cm³/mol. The van der Waals surface area contributed by atoms with E-state index < -0.39 is 69.6 Å². The van der Waals surface area contributed by atoms with Gasteiger partial charge in [0.2, 0.25) is 0 Å². The van der Waals surface area contributed by atoms with Crippen molar-refractivity contribution in [1.29, 1.82) is 0 Å². The number of phenolic OH excluding ortho intramolecular Hbond substituents is 2. The summed E-state index contributed by atoms with van der Waals surface area (Å²) in [7, 11) is 0. The van der Waals surface area contributed by atoms with Gasteiger partial charge in [-0.25, -0.2) is 0 Å². The lowest BCUT2D eigenvalue weighted by Crippen LogP contribution is -2.12. The lowest BCUT2D eigenvalue weighted by atomic mass is 10.0. The highest BCUT2D eigenvalue weighted by Gasteiger charge is 2.41. The van der Waals surface area contributed by atoms with E-state index in [1.54, 1.807) is 0 Å². The fourth-order valence-corrected chi connectivity index (χ4v) is 3.23. The smallest absolute Gasteiger partial charge is 0.419 e. The molecule has 0 amide bonds. The molecule has 0 saturated heterocycles. The molecule has 3 rings (SSSR count). The first-order valence-corrected chi connectivity index (χ1v) is 10.4. The van der Waals surface area contributed by atoms with Gasteiger partial charge < -0.3 is 10.2 Å². The molecule has 3 aromatic carbocycles. The van der Waals surface area contributed by atoms with Gasteiger partial charge in [-0.1, -0.05) is 12.1 Å². The largest absolute Gasteiger partial charge is 0.507 e. The van der Waals surface area contributed by atoms with Gasteiger partial charge in [0.15, 0.2) is 0 Å². The summed E-state index contributed by atoms with van der Waals surface area (Å²) in [4.78, 5) is 7.35. The minimum Gasteiger partial charge on any atom is -0.507 e. The van der Waals surface area contributed by atoms with Crippen LogP contribution < -0.4 is 0 Å². The van der Waals surface area contributed by atoms with Crippen LogP contribution in [-0.4, -0.2) is 22.6 Å². The Kier molecular flexibility index (Phi) is 7.87. The first kappa shape index (κ1) is 30.3. The molecule has 0 aliphatic carbocycles. The van der Waals surface area contributed by atoms with Crippen molar-refractivity contribution in [2.75, 3.05) is 0 Å². The van der Waals surface area contributed by atoms with Crippen molar-refractivity contribution in [2.24, 2.45) is 9.98 Å². The van der Waals surface area contributed by atoms with Crippen LogP contribution in [-0.2, 0) is 24.7 Å². The van der Waals surface area contributed by atoms with Gasteiger partial charge in [0.05, 0.1) is 33.6 Å². The lowest BCUT2D eigenvalue weighted by Gasteiger charge is -2.15. The Labute approximate surface area is 215 Å². The molecule has 3 aromatic rings. The summed E-state index contributed by atoms with van der Waals surface area (Å²) in [6, 6.07) is 4.49. The fraction of sp³-hybridized carbons (Fsp3) is 0.167. The highest BCUT2D eigenvalue weighted by atomic mass is 19.4. The maximum Gasteiger partial charge on any atom is 0.419 e. The molecule has 214 valence electrons. The Hall–Kier alpha value is -4.24. The average Bonchev–Trinajstić information content (AvgIpc) is 2.80. The average molecular weight is 588 g/mol. The zero-order chi connectivity index (χ0) is 30.3. The standard InChI is InChI=1S/C24H12F12N2O2/c25-21(26,27)13-5-11(19(39)15(7-13)23(31,32)33)9-37-17-3-1-2-4-18(17)38-10-12-6-14(22(28,29)30)8-16(20(12)40)24(34,35)36/h1-10,39-40H. The van der Waals surface area contributed by atoms with Crippen molar-refractivity contribution in [2.45, 2.75) is 24.7 Å². The van der Waals surface area contributed by atoms with E-state index >= 15 is 0 Å². The molecule has 0 atom stereocenters. The number of para-hydroxylation sites is 2. The maximum atomic E-state index is 13.2. The van der Waals surface area contributed by atoms with Gasteiger partial charge in [0.1, 0.15) is 11.5 Å². The van der Waals surface area contributed by atoms with Crippen LogP contribution in [0, 0.1) is 0 Å². The van der Waals surface area contributed by atoms with Crippen molar-refractivity contribution in [3.05, 3.63) is 81.9 Å². The van der Waals surface area contributed by atoms with E-state index in [0.29, 0.717) is 12.4 Å². The van der Waals surface area contributed by atoms with Crippen LogP contribution in [0.15, 0.2) is 58.5 Å².